The van der Waals surface area contributed by atoms with Gasteiger partial charge in [-0.25, -0.2) is 9.18 Å². The van der Waals surface area contributed by atoms with Crippen LogP contribution in [0.1, 0.15) is 22.8 Å². The number of ether oxygens (including phenoxy) is 1. The number of carbonyl (C=O) groups is 1. The van der Waals surface area contributed by atoms with E-state index in [9.17, 15) is 22.4 Å². The van der Waals surface area contributed by atoms with Gasteiger partial charge in [-0.1, -0.05) is 0 Å². The summed E-state index contributed by atoms with van der Waals surface area (Å²) in [6.45, 7) is 0.302. The number of carboxylic acids is 1. The lowest BCUT2D eigenvalue weighted by atomic mass is 10.1. The minimum Gasteiger partial charge on any atom is -0.478 e. The molecule has 0 saturated carbocycles. The van der Waals surface area contributed by atoms with Gasteiger partial charge in [-0.15, -0.1) is 0 Å². The van der Waals surface area contributed by atoms with Gasteiger partial charge in [-0.3, -0.25) is 0 Å². The van der Waals surface area contributed by atoms with Crippen LogP contribution >= 0.6 is 0 Å². The van der Waals surface area contributed by atoms with Crippen LogP contribution in [0, 0.1) is 5.82 Å². The van der Waals surface area contributed by atoms with Gasteiger partial charge in [0.05, 0.1) is 12.2 Å². The highest BCUT2D eigenvalue weighted by Crippen LogP contribution is 2.23. The van der Waals surface area contributed by atoms with Gasteiger partial charge in [0.2, 0.25) is 0 Å². The molecular weight excluding hydrogens is 256 g/mol. The van der Waals surface area contributed by atoms with Crippen molar-refractivity contribution in [2.45, 2.75) is 25.8 Å². The molecule has 0 saturated heterocycles. The molecule has 0 spiro atoms. The summed E-state index contributed by atoms with van der Waals surface area (Å²) in [7, 11) is 0. The lowest BCUT2D eigenvalue weighted by Crippen LogP contribution is -2.28. The summed E-state index contributed by atoms with van der Waals surface area (Å²) in [6.07, 6.45) is -6.52. The van der Waals surface area contributed by atoms with Gasteiger partial charge in [-0.05, 0) is 30.7 Å². The molecule has 100 valence electrons. The third-order valence-corrected chi connectivity index (χ3v) is 2.17. The normalized spacial score (nSPS) is 13.4. The number of carboxylic acid groups (broad SMARTS) is 1. The van der Waals surface area contributed by atoms with Crippen LogP contribution in [0.4, 0.5) is 17.6 Å². The van der Waals surface area contributed by atoms with Crippen LogP contribution in [0.25, 0.3) is 0 Å². The Hall–Kier alpha value is -1.63. The number of benzene rings is 1. The topological polar surface area (TPSA) is 46.5 Å². The predicted octanol–water partition coefficient (Wildman–Crippen LogP) is 2.99. The number of aromatic carboxylic acids is 1. The van der Waals surface area contributed by atoms with E-state index in [-0.39, 0.29) is 11.1 Å². The number of hydrogen-bond acceptors (Lipinski definition) is 2. The van der Waals surface area contributed by atoms with Crippen molar-refractivity contribution >= 4 is 5.97 Å². The zero-order valence-corrected chi connectivity index (χ0v) is 9.29. The van der Waals surface area contributed by atoms with E-state index in [1.165, 1.54) is 0 Å². The van der Waals surface area contributed by atoms with Crippen LogP contribution in [0.2, 0.25) is 0 Å². The fourth-order valence-electron chi connectivity index (χ4n) is 1.17. The quantitative estimate of drug-likeness (QED) is 0.852. The summed E-state index contributed by atoms with van der Waals surface area (Å²) in [4.78, 5) is 10.6. The highest BCUT2D eigenvalue weighted by molar-refractivity contribution is 5.87. The molecule has 18 heavy (non-hydrogen) atoms. The van der Waals surface area contributed by atoms with Gasteiger partial charge < -0.3 is 9.84 Å². The summed E-state index contributed by atoms with van der Waals surface area (Å²) in [5, 5.41) is 8.65. The zero-order valence-electron chi connectivity index (χ0n) is 9.29. The van der Waals surface area contributed by atoms with E-state index in [1.807, 2.05) is 0 Å². The third kappa shape index (κ3) is 3.99. The second kappa shape index (κ2) is 5.34. The van der Waals surface area contributed by atoms with Crippen LogP contribution in [-0.4, -0.2) is 23.4 Å². The lowest BCUT2D eigenvalue weighted by molar-refractivity contribution is -0.217. The molecule has 1 aromatic rings. The van der Waals surface area contributed by atoms with E-state index in [0.717, 1.165) is 25.1 Å². The Morgan fingerprint density at radius 2 is 2.00 bits per heavy atom. The Kier molecular flexibility index (Phi) is 4.28. The predicted molar refractivity (Wildman–Crippen MR) is 53.7 cm³/mol. The van der Waals surface area contributed by atoms with Crippen LogP contribution < -0.4 is 0 Å². The van der Waals surface area contributed by atoms with Gasteiger partial charge in [0, 0.05) is 0 Å². The van der Waals surface area contributed by atoms with E-state index in [2.05, 4.69) is 4.74 Å². The second-order valence-electron chi connectivity index (χ2n) is 3.65. The molecule has 0 aromatic heterocycles. The first-order valence-electron chi connectivity index (χ1n) is 4.91. The van der Waals surface area contributed by atoms with Crippen molar-refractivity contribution < 1.29 is 32.2 Å². The van der Waals surface area contributed by atoms with Crippen molar-refractivity contribution in [3.05, 3.63) is 35.1 Å². The fraction of sp³-hybridized carbons (Fsp3) is 0.364. The standard InChI is InChI=1S/C11H10F4O3/c1-6(11(13,14)15)18-5-7-2-8(10(16)17)4-9(12)3-7/h2-4,6H,5H2,1H3,(H,16,17). The molecule has 3 nitrogen and oxygen atoms in total. The van der Waals surface area contributed by atoms with Crippen molar-refractivity contribution in [3.8, 4) is 0 Å². The molecule has 7 heteroatoms. The average molecular weight is 266 g/mol. The van der Waals surface area contributed by atoms with E-state index < -0.39 is 30.7 Å². The summed E-state index contributed by atoms with van der Waals surface area (Å²) >= 11 is 0. The minimum absolute atomic E-state index is 0.0310. The Balaban J connectivity index is 2.77. The van der Waals surface area contributed by atoms with Gasteiger partial charge in [0.25, 0.3) is 0 Å². The molecule has 0 aliphatic carbocycles. The maximum atomic E-state index is 13.0. The Bertz CT molecular complexity index is 442. The first-order valence-corrected chi connectivity index (χ1v) is 4.91. The SMILES string of the molecule is CC(OCc1cc(F)cc(C(=O)O)c1)C(F)(F)F. The monoisotopic (exact) mass is 266 g/mol. The molecule has 1 atom stereocenters. The van der Waals surface area contributed by atoms with Crippen LogP contribution in [0.15, 0.2) is 18.2 Å². The number of rotatable bonds is 4. The van der Waals surface area contributed by atoms with Gasteiger partial charge in [0.15, 0.2) is 6.10 Å². The molecular formula is C11H10F4O3. The smallest absolute Gasteiger partial charge is 0.414 e. The maximum Gasteiger partial charge on any atom is 0.414 e. The molecule has 1 rings (SSSR count). The minimum atomic E-state index is -4.51. The fourth-order valence-corrected chi connectivity index (χ4v) is 1.17. The number of halogens is 4. The third-order valence-electron chi connectivity index (χ3n) is 2.17. The molecule has 1 N–H and O–H groups in total. The van der Waals surface area contributed by atoms with E-state index in [1.54, 1.807) is 0 Å². The first kappa shape index (κ1) is 14.4. The zero-order chi connectivity index (χ0) is 13.9. The van der Waals surface area contributed by atoms with E-state index in [0.29, 0.717) is 0 Å². The number of hydrogen-bond donors (Lipinski definition) is 1. The van der Waals surface area contributed by atoms with Gasteiger partial charge >= 0.3 is 12.1 Å². The van der Waals surface area contributed by atoms with Crippen molar-refractivity contribution in [3.63, 3.8) is 0 Å². The van der Waals surface area contributed by atoms with Crippen molar-refractivity contribution in [2.75, 3.05) is 0 Å². The lowest BCUT2D eigenvalue weighted by Gasteiger charge is -2.16. The van der Waals surface area contributed by atoms with Crippen LogP contribution in [-0.2, 0) is 11.3 Å². The summed E-state index contributed by atoms with van der Waals surface area (Å²) < 4.78 is 53.9. The summed E-state index contributed by atoms with van der Waals surface area (Å²) in [5.41, 5.74) is -0.309. The molecule has 0 radical (unpaired) electrons. The average Bonchev–Trinajstić information content (AvgIpc) is 2.23. The van der Waals surface area contributed by atoms with Gasteiger partial charge in [-0.2, -0.15) is 13.2 Å². The highest BCUT2D eigenvalue weighted by Gasteiger charge is 2.36. The largest absolute Gasteiger partial charge is 0.478 e. The first-order chi connectivity index (χ1) is 8.20. The van der Waals surface area contributed by atoms with Crippen molar-refractivity contribution in [2.24, 2.45) is 0 Å². The molecule has 0 aliphatic rings. The van der Waals surface area contributed by atoms with Crippen molar-refractivity contribution in [1.82, 2.24) is 0 Å². The Labute approximate surface area is 100.0 Å². The van der Waals surface area contributed by atoms with Crippen LogP contribution in [0.5, 0.6) is 0 Å². The maximum absolute atomic E-state index is 13.0. The molecule has 0 bridgehead atoms. The highest BCUT2D eigenvalue weighted by atomic mass is 19.4. The Morgan fingerprint density at radius 1 is 1.39 bits per heavy atom. The summed E-state index contributed by atoms with van der Waals surface area (Å²) in [5.74, 6) is -2.20. The van der Waals surface area contributed by atoms with E-state index in [4.69, 9.17) is 5.11 Å². The van der Waals surface area contributed by atoms with Gasteiger partial charge in [0.1, 0.15) is 5.82 Å². The molecule has 0 aliphatic heterocycles. The number of alkyl halides is 3. The molecule has 0 fully saturated rings. The molecule has 1 unspecified atom stereocenters. The van der Waals surface area contributed by atoms with Crippen LogP contribution in [0.3, 0.4) is 0 Å². The molecule has 1 aromatic carbocycles. The second-order valence-corrected chi connectivity index (χ2v) is 3.65. The Morgan fingerprint density at radius 3 is 2.50 bits per heavy atom. The molecule has 0 amide bonds. The van der Waals surface area contributed by atoms with E-state index >= 15 is 0 Å². The van der Waals surface area contributed by atoms with Crippen molar-refractivity contribution in [1.29, 1.82) is 0 Å². The molecule has 0 heterocycles. The summed E-state index contributed by atoms with van der Waals surface area (Å²) in [6, 6.07) is 2.77.